The molecular formula is C19H37NO3. The molecule has 0 aromatic carbocycles. The Balaban J connectivity index is 3.35. The largest absolute Gasteiger partial charge is 0.464 e. The standard InChI is InChI=1S/C19H37NO3/c1-5-6-7-8-9-10-11-12-13-14-15-23-17(21)16-20-18(22)19(2,3)4/h5-16H2,1-4H3,(H,20,22). The average molecular weight is 328 g/mol. The molecule has 4 nitrogen and oxygen atoms in total. The maximum absolute atomic E-state index is 11.6. The monoisotopic (exact) mass is 327 g/mol. The van der Waals surface area contributed by atoms with E-state index in [4.69, 9.17) is 4.74 Å². The Hall–Kier alpha value is -1.06. The van der Waals surface area contributed by atoms with Crippen LogP contribution in [0.15, 0.2) is 0 Å². The first kappa shape index (κ1) is 21.9. The van der Waals surface area contributed by atoms with Gasteiger partial charge in [-0.25, -0.2) is 0 Å². The van der Waals surface area contributed by atoms with E-state index in [1.807, 2.05) is 20.8 Å². The molecule has 0 aromatic heterocycles. The smallest absolute Gasteiger partial charge is 0.325 e. The Morgan fingerprint density at radius 3 is 1.78 bits per heavy atom. The molecule has 0 aliphatic rings. The van der Waals surface area contributed by atoms with Gasteiger partial charge in [0, 0.05) is 5.41 Å². The highest BCUT2D eigenvalue weighted by molar-refractivity contribution is 5.85. The van der Waals surface area contributed by atoms with E-state index in [0.29, 0.717) is 6.61 Å². The summed E-state index contributed by atoms with van der Waals surface area (Å²) in [5.74, 6) is -0.480. The third-order valence-corrected chi connectivity index (χ3v) is 3.84. The molecule has 0 aliphatic heterocycles. The number of hydrogen-bond donors (Lipinski definition) is 1. The summed E-state index contributed by atoms with van der Waals surface area (Å²) in [5.41, 5.74) is -0.475. The maximum Gasteiger partial charge on any atom is 0.325 e. The average Bonchev–Trinajstić information content (AvgIpc) is 2.49. The molecule has 0 rings (SSSR count). The number of amides is 1. The molecule has 0 atom stereocenters. The quantitative estimate of drug-likeness (QED) is 0.397. The summed E-state index contributed by atoms with van der Waals surface area (Å²) in [7, 11) is 0. The fourth-order valence-corrected chi connectivity index (χ4v) is 2.24. The molecule has 0 fully saturated rings. The van der Waals surface area contributed by atoms with Crippen molar-refractivity contribution in [3.63, 3.8) is 0 Å². The van der Waals surface area contributed by atoms with Crippen molar-refractivity contribution in [1.29, 1.82) is 0 Å². The first-order valence-electron chi connectivity index (χ1n) is 9.32. The summed E-state index contributed by atoms with van der Waals surface area (Å²) in [6.45, 7) is 8.12. The molecule has 0 radical (unpaired) electrons. The van der Waals surface area contributed by atoms with Crippen molar-refractivity contribution < 1.29 is 14.3 Å². The predicted octanol–water partition coefficient (Wildman–Crippen LogP) is 4.61. The van der Waals surface area contributed by atoms with Gasteiger partial charge in [0.25, 0.3) is 0 Å². The lowest BCUT2D eigenvalue weighted by Crippen LogP contribution is -2.38. The second-order valence-electron chi connectivity index (χ2n) is 7.34. The molecule has 0 bridgehead atoms. The Kier molecular flexibility index (Phi) is 12.8. The summed E-state index contributed by atoms with van der Waals surface area (Å²) < 4.78 is 5.12. The van der Waals surface area contributed by atoms with E-state index in [1.165, 1.54) is 51.4 Å². The molecule has 0 aliphatic carbocycles. The molecule has 0 saturated carbocycles. The summed E-state index contributed by atoms with van der Waals surface area (Å²) in [5, 5.41) is 2.60. The number of esters is 1. The van der Waals surface area contributed by atoms with Crippen LogP contribution in [0.4, 0.5) is 0 Å². The second kappa shape index (κ2) is 13.4. The Morgan fingerprint density at radius 1 is 0.826 bits per heavy atom. The van der Waals surface area contributed by atoms with Gasteiger partial charge >= 0.3 is 5.97 Å². The van der Waals surface area contributed by atoms with Gasteiger partial charge < -0.3 is 10.1 Å². The lowest BCUT2D eigenvalue weighted by Gasteiger charge is -2.17. The Bertz CT molecular complexity index is 321. The Labute approximate surface area is 142 Å². The van der Waals surface area contributed by atoms with Gasteiger partial charge in [-0.1, -0.05) is 85.5 Å². The lowest BCUT2D eigenvalue weighted by molar-refractivity contribution is -0.144. The highest BCUT2D eigenvalue weighted by Gasteiger charge is 2.21. The van der Waals surface area contributed by atoms with Crippen molar-refractivity contribution >= 4 is 11.9 Å². The number of carbonyl (C=O) groups is 2. The number of hydrogen-bond acceptors (Lipinski definition) is 3. The minimum absolute atomic E-state index is 0.0339. The van der Waals surface area contributed by atoms with E-state index >= 15 is 0 Å². The number of ether oxygens (including phenoxy) is 1. The number of rotatable bonds is 13. The van der Waals surface area contributed by atoms with Crippen molar-refractivity contribution in [1.82, 2.24) is 5.32 Å². The highest BCUT2D eigenvalue weighted by atomic mass is 16.5. The molecule has 0 spiro atoms. The molecule has 0 heterocycles. The lowest BCUT2D eigenvalue weighted by atomic mass is 9.96. The van der Waals surface area contributed by atoms with Crippen molar-refractivity contribution in [3.05, 3.63) is 0 Å². The zero-order valence-corrected chi connectivity index (χ0v) is 15.7. The van der Waals surface area contributed by atoms with Crippen LogP contribution in [0.5, 0.6) is 0 Å². The molecule has 4 heteroatoms. The highest BCUT2D eigenvalue weighted by Crippen LogP contribution is 2.12. The van der Waals surface area contributed by atoms with E-state index < -0.39 is 5.41 Å². The van der Waals surface area contributed by atoms with Crippen LogP contribution in [0.2, 0.25) is 0 Å². The van der Waals surface area contributed by atoms with E-state index in [9.17, 15) is 9.59 Å². The van der Waals surface area contributed by atoms with Crippen molar-refractivity contribution in [2.45, 2.75) is 91.9 Å². The fourth-order valence-electron chi connectivity index (χ4n) is 2.24. The van der Waals surface area contributed by atoms with Gasteiger partial charge in [-0.15, -0.1) is 0 Å². The van der Waals surface area contributed by atoms with Crippen LogP contribution in [0, 0.1) is 5.41 Å². The maximum atomic E-state index is 11.6. The first-order valence-corrected chi connectivity index (χ1v) is 9.32. The molecule has 136 valence electrons. The SMILES string of the molecule is CCCCCCCCCCCCOC(=O)CNC(=O)C(C)(C)C. The molecule has 23 heavy (non-hydrogen) atoms. The summed E-state index contributed by atoms with van der Waals surface area (Å²) in [6.07, 6.45) is 12.6. The van der Waals surface area contributed by atoms with Gasteiger partial charge in [0.05, 0.1) is 6.61 Å². The summed E-state index contributed by atoms with van der Waals surface area (Å²) in [4.78, 5) is 23.1. The molecule has 0 saturated heterocycles. The van der Waals surface area contributed by atoms with Crippen molar-refractivity contribution in [2.24, 2.45) is 5.41 Å². The van der Waals surface area contributed by atoms with E-state index in [2.05, 4.69) is 12.2 Å². The van der Waals surface area contributed by atoms with Gasteiger partial charge in [0.15, 0.2) is 0 Å². The number of unbranched alkanes of at least 4 members (excludes halogenated alkanes) is 9. The van der Waals surface area contributed by atoms with Crippen LogP contribution in [0.25, 0.3) is 0 Å². The van der Waals surface area contributed by atoms with Crippen LogP contribution in [0.3, 0.4) is 0 Å². The van der Waals surface area contributed by atoms with Gasteiger partial charge in [-0.3, -0.25) is 9.59 Å². The van der Waals surface area contributed by atoms with Gasteiger partial charge in [-0.05, 0) is 6.42 Å². The van der Waals surface area contributed by atoms with Crippen LogP contribution in [-0.2, 0) is 14.3 Å². The number of carbonyl (C=O) groups excluding carboxylic acids is 2. The van der Waals surface area contributed by atoms with Crippen LogP contribution in [-0.4, -0.2) is 25.0 Å². The second-order valence-corrected chi connectivity index (χ2v) is 7.34. The third-order valence-electron chi connectivity index (χ3n) is 3.84. The number of nitrogens with one attached hydrogen (secondary N) is 1. The van der Waals surface area contributed by atoms with E-state index in [1.54, 1.807) is 0 Å². The molecule has 0 aromatic rings. The molecule has 1 amide bonds. The molecule has 0 unspecified atom stereocenters. The van der Waals surface area contributed by atoms with Crippen LogP contribution in [0.1, 0.15) is 91.9 Å². The molecular weight excluding hydrogens is 290 g/mol. The van der Waals surface area contributed by atoms with Crippen molar-refractivity contribution in [3.8, 4) is 0 Å². The fraction of sp³-hybridized carbons (Fsp3) is 0.895. The first-order chi connectivity index (χ1) is 10.9. The minimum atomic E-state index is -0.475. The van der Waals surface area contributed by atoms with E-state index in [0.717, 1.165) is 12.8 Å². The zero-order valence-electron chi connectivity index (χ0n) is 15.7. The van der Waals surface area contributed by atoms with Gasteiger partial charge in [0.1, 0.15) is 6.54 Å². The van der Waals surface area contributed by atoms with Gasteiger partial charge in [0.2, 0.25) is 5.91 Å². The zero-order chi connectivity index (χ0) is 17.6. The topological polar surface area (TPSA) is 55.4 Å². The summed E-state index contributed by atoms with van der Waals surface area (Å²) in [6, 6.07) is 0. The van der Waals surface area contributed by atoms with Crippen LogP contribution >= 0.6 is 0 Å². The van der Waals surface area contributed by atoms with Crippen LogP contribution < -0.4 is 5.32 Å². The Morgan fingerprint density at radius 2 is 1.30 bits per heavy atom. The van der Waals surface area contributed by atoms with E-state index in [-0.39, 0.29) is 18.4 Å². The van der Waals surface area contributed by atoms with Crippen molar-refractivity contribution in [2.75, 3.05) is 13.2 Å². The predicted molar refractivity (Wildman–Crippen MR) is 95.3 cm³/mol. The minimum Gasteiger partial charge on any atom is -0.464 e. The summed E-state index contributed by atoms with van der Waals surface area (Å²) >= 11 is 0. The third kappa shape index (κ3) is 14.3. The molecule has 1 N–H and O–H groups in total. The van der Waals surface area contributed by atoms with Gasteiger partial charge in [-0.2, -0.15) is 0 Å². The normalized spacial score (nSPS) is 11.3.